The maximum absolute atomic E-state index is 5.37. The third kappa shape index (κ3) is 5.00. The van der Waals surface area contributed by atoms with Gasteiger partial charge in [-0.05, 0) is 81.2 Å². The molecule has 0 aliphatic rings. The second-order valence-corrected chi connectivity index (χ2v) is 14.8. The molecule has 3 heterocycles. The van der Waals surface area contributed by atoms with Gasteiger partial charge >= 0.3 is 0 Å². The highest BCUT2D eigenvalue weighted by Gasteiger charge is 2.21. The van der Waals surface area contributed by atoms with Crippen molar-refractivity contribution in [2.24, 2.45) is 0 Å². The summed E-state index contributed by atoms with van der Waals surface area (Å²) in [5, 5.41) is 9.67. The van der Waals surface area contributed by atoms with Gasteiger partial charge in [0.1, 0.15) is 0 Å². The summed E-state index contributed by atoms with van der Waals surface area (Å²) in [6.07, 6.45) is 0. The summed E-state index contributed by atoms with van der Waals surface area (Å²) in [4.78, 5) is 16.0. The van der Waals surface area contributed by atoms with Crippen molar-refractivity contribution in [3.63, 3.8) is 0 Å². The quantitative estimate of drug-likeness (QED) is 0.165. The van der Waals surface area contributed by atoms with Crippen molar-refractivity contribution in [1.82, 2.24) is 24.1 Å². The Hall–Kier alpha value is -7.89. The lowest BCUT2D eigenvalue weighted by Crippen LogP contribution is -2.07. The Kier molecular flexibility index (Phi) is 7.16. The van der Waals surface area contributed by atoms with Crippen molar-refractivity contribution in [3.05, 3.63) is 200 Å². The number of rotatable bonds is 5. The molecule has 0 saturated heterocycles. The average molecular weight is 740 g/mol. The first-order valence-corrected chi connectivity index (χ1v) is 19.6. The lowest BCUT2D eigenvalue weighted by Gasteiger charge is -2.15. The number of benzene rings is 9. The third-order valence-electron chi connectivity index (χ3n) is 11.6. The van der Waals surface area contributed by atoms with Gasteiger partial charge < -0.3 is 4.57 Å². The normalized spacial score (nSPS) is 11.8. The summed E-state index contributed by atoms with van der Waals surface area (Å²) in [7, 11) is 0. The highest BCUT2D eigenvalue weighted by Crippen LogP contribution is 2.38. The van der Waals surface area contributed by atoms with Crippen LogP contribution < -0.4 is 0 Å². The van der Waals surface area contributed by atoms with Gasteiger partial charge in [-0.1, -0.05) is 152 Å². The van der Waals surface area contributed by atoms with Gasteiger partial charge in [-0.2, -0.15) is 9.97 Å². The summed E-state index contributed by atoms with van der Waals surface area (Å²) in [6.45, 7) is 0. The van der Waals surface area contributed by atoms with E-state index in [0.29, 0.717) is 17.6 Å². The van der Waals surface area contributed by atoms with Crippen LogP contribution in [-0.2, 0) is 0 Å². The molecule has 0 N–H and O–H groups in total. The summed E-state index contributed by atoms with van der Waals surface area (Å²) in [5.74, 6) is 1.77. The predicted octanol–water partition coefficient (Wildman–Crippen LogP) is 13.4. The van der Waals surface area contributed by atoms with Crippen LogP contribution in [0.3, 0.4) is 0 Å². The van der Waals surface area contributed by atoms with E-state index in [0.717, 1.165) is 60.8 Å². The Morgan fingerprint density at radius 3 is 1.48 bits per heavy atom. The van der Waals surface area contributed by atoms with Crippen molar-refractivity contribution in [3.8, 4) is 45.5 Å². The van der Waals surface area contributed by atoms with Crippen LogP contribution in [0, 0.1) is 0 Å². The van der Waals surface area contributed by atoms with E-state index in [2.05, 4.69) is 209 Å². The molecule has 3 aromatic heterocycles. The molecule has 12 aromatic rings. The van der Waals surface area contributed by atoms with E-state index < -0.39 is 0 Å². The number of nitrogens with zero attached hydrogens (tertiary/aromatic N) is 5. The predicted molar refractivity (Wildman–Crippen MR) is 240 cm³/mol. The molecule has 0 amide bonds. The zero-order valence-electron chi connectivity index (χ0n) is 31.3. The number of aromatic nitrogens is 5. The van der Waals surface area contributed by atoms with E-state index in [1.54, 1.807) is 0 Å². The van der Waals surface area contributed by atoms with E-state index in [1.807, 2.05) is 0 Å². The molecular formula is C53H33N5. The number of fused-ring (bicyclic) bond motifs is 9. The minimum atomic E-state index is 0.567. The first-order chi connectivity index (χ1) is 28.8. The van der Waals surface area contributed by atoms with Crippen LogP contribution in [0.1, 0.15) is 0 Å². The summed E-state index contributed by atoms with van der Waals surface area (Å²) in [5.41, 5.74) is 9.40. The lowest BCUT2D eigenvalue weighted by molar-refractivity contribution is 0.952. The molecule has 0 bridgehead atoms. The molecule has 5 nitrogen and oxygen atoms in total. The minimum absolute atomic E-state index is 0.567. The molecular weight excluding hydrogens is 707 g/mol. The Labute approximate surface area is 333 Å². The second kappa shape index (κ2) is 12.8. The topological polar surface area (TPSA) is 48.5 Å². The molecule has 0 spiro atoms. The zero-order valence-corrected chi connectivity index (χ0v) is 31.3. The summed E-state index contributed by atoms with van der Waals surface area (Å²) < 4.78 is 4.52. The van der Waals surface area contributed by atoms with E-state index in [-0.39, 0.29) is 0 Å². The molecule has 5 heteroatoms. The zero-order chi connectivity index (χ0) is 38.2. The molecule has 58 heavy (non-hydrogen) atoms. The van der Waals surface area contributed by atoms with Crippen LogP contribution in [0.2, 0.25) is 0 Å². The average Bonchev–Trinajstić information content (AvgIpc) is 3.82. The monoisotopic (exact) mass is 739 g/mol. The van der Waals surface area contributed by atoms with Crippen molar-refractivity contribution >= 4 is 65.2 Å². The first kappa shape index (κ1) is 32.4. The van der Waals surface area contributed by atoms with Gasteiger partial charge in [0, 0.05) is 32.7 Å². The number of para-hydroxylation sites is 5. The molecule has 0 aliphatic carbocycles. The second-order valence-electron chi connectivity index (χ2n) is 14.8. The maximum Gasteiger partial charge on any atom is 0.238 e. The molecule has 0 unspecified atom stereocenters. The molecule has 270 valence electrons. The number of hydrogen-bond donors (Lipinski definition) is 0. The Bertz CT molecular complexity index is 3490. The largest absolute Gasteiger partial charge is 0.309 e. The van der Waals surface area contributed by atoms with E-state index in [1.165, 1.54) is 32.3 Å². The van der Waals surface area contributed by atoms with Gasteiger partial charge in [-0.15, -0.1) is 0 Å². The van der Waals surface area contributed by atoms with Crippen LogP contribution in [0.25, 0.3) is 111 Å². The van der Waals surface area contributed by atoms with Gasteiger partial charge in [0.15, 0.2) is 11.6 Å². The smallest absolute Gasteiger partial charge is 0.238 e. The highest BCUT2D eigenvalue weighted by atomic mass is 15.2. The third-order valence-corrected chi connectivity index (χ3v) is 11.6. The van der Waals surface area contributed by atoms with Crippen molar-refractivity contribution in [2.45, 2.75) is 0 Å². The fourth-order valence-electron chi connectivity index (χ4n) is 8.92. The molecule has 9 aromatic carbocycles. The van der Waals surface area contributed by atoms with Crippen LogP contribution in [0.15, 0.2) is 200 Å². The first-order valence-electron chi connectivity index (χ1n) is 19.6. The number of hydrogen-bond acceptors (Lipinski definition) is 3. The summed E-state index contributed by atoms with van der Waals surface area (Å²) >= 11 is 0. The van der Waals surface area contributed by atoms with Crippen LogP contribution in [0.5, 0.6) is 0 Å². The lowest BCUT2D eigenvalue weighted by atomic mass is 9.96. The molecule has 0 saturated carbocycles. The van der Waals surface area contributed by atoms with Gasteiger partial charge in [0.2, 0.25) is 5.95 Å². The molecule has 0 radical (unpaired) electrons. The summed E-state index contributed by atoms with van der Waals surface area (Å²) in [6, 6.07) is 70.9. The standard InChI is InChI=1S/C53H33N5/c1-2-17-39-34(14-1)28-29-37-32-36(30-31-40(37)39)35-15-13-16-38(33-35)51-54-52(56-53(55-51)58-48-25-10-5-20-43(48)44-21-6-11-26-49(44)58)45-22-7-12-27-50(45)57-46-23-8-3-18-41(46)42-19-4-9-24-47(42)57/h1-33H. The minimum Gasteiger partial charge on any atom is -0.309 e. The van der Waals surface area contributed by atoms with Crippen LogP contribution >= 0.6 is 0 Å². The van der Waals surface area contributed by atoms with E-state index in [9.17, 15) is 0 Å². The maximum atomic E-state index is 5.37. The van der Waals surface area contributed by atoms with Crippen molar-refractivity contribution < 1.29 is 0 Å². The molecule has 12 rings (SSSR count). The van der Waals surface area contributed by atoms with Gasteiger partial charge in [0.05, 0.1) is 27.8 Å². The fraction of sp³-hybridized carbons (Fsp3) is 0. The Morgan fingerprint density at radius 2 is 0.793 bits per heavy atom. The van der Waals surface area contributed by atoms with Crippen molar-refractivity contribution in [2.75, 3.05) is 0 Å². The van der Waals surface area contributed by atoms with Gasteiger partial charge in [-0.25, -0.2) is 4.98 Å². The van der Waals surface area contributed by atoms with Crippen LogP contribution in [0.4, 0.5) is 0 Å². The SMILES string of the molecule is c1cc(-c2ccc3c(ccc4ccccc43)c2)cc(-c2nc(-c3ccccc3-n3c4ccccc4c4ccccc43)nc(-n3c4ccccc4c4ccccc43)n2)c1. The molecule has 0 fully saturated rings. The molecule has 0 aliphatic heterocycles. The molecule has 0 atom stereocenters. The Morgan fingerprint density at radius 1 is 0.293 bits per heavy atom. The van der Waals surface area contributed by atoms with E-state index in [4.69, 9.17) is 15.0 Å². The Balaban J connectivity index is 1.09. The highest BCUT2D eigenvalue weighted by molar-refractivity contribution is 6.11. The van der Waals surface area contributed by atoms with Crippen molar-refractivity contribution in [1.29, 1.82) is 0 Å². The van der Waals surface area contributed by atoms with Crippen LogP contribution in [-0.4, -0.2) is 24.1 Å². The van der Waals surface area contributed by atoms with E-state index >= 15 is 0 Å². The van der Waals surface area contributed by atoms with Gasteiger partial charge in [-0.3, -0.25) is 4.57 Å². The fourth-order valence-corrected chi connectivity index (χ4v) is 8.92. The van der Waals surface area contributed by atoms with Gasteiger partial charge in [0.25, 0.3) is 0 Å².